The van der Waals surface area contributed by atoms with E-state index in [-0.39, 0.29) is 12.4 Å². The van der Waals surface area contributed by atoms with Gasteiger partial charge in [0.2, 0.25) is 11.9 Å². The molecule has 6 heteroatoms. The SMILES string of the molecule is C[C@@H]1Oc2ccccc2O[C@H]1C(=O)OCC(=O)c1ccc[nH]1. The van der Waals surface area contributed by atoms with E-state index in [4.69, 9.17) is 14.2 Å². The van der Waals surface area contributed by atoms with E-state index >= 15 is 0 Å². The monoisotopic (exact) mass is 301 g/mol. The number of hydrogen-bond acceptors (Lipinski definition) is 5. The van der Waals surface area contributed by atoms with Crippen molar-refractivity contribution in [2.75, 3.05) is 6.61 Å². The van der Waals surface area contributed by atoms with Gasteiger partial charge in [0.05, 0.1) is 5.69 Å². The maximum Gasteiger partial charge on any atom is 0.351 e. The van der Waals surface area contributed by atoms with Crippen molar-refractivity contribution in [3.63, 3.8) is 0 Å². The van der Waals surface area contributed by atoms with Crippen molar-refractivity contribution < 1.29 is 23.8 Å². The number of benzene rings is 1. The van der Waals surface area contributed by atoms with Gasteiger partial charge in [0.15, 0.2) is 18.1 Å². The molecule has 0 unspecified atom stereocenters. The average Bonchev–Trinajstić information content (AvgIpc) is 3.06. The summed E-state index contributed by atoms with van der Waals surface area (Å²) in [6.45, 7) is 1.38. The summed E-state index contributed by atoms with van der Waals surface area (Å²) in [6.07, 6.45) is 0.237. The standard InChI is InChI=1S/C16H15NO5/c1-10-15(22-14-7-3-2-6-13(14)21-10)16(19)20-9-12(18)11-5-4-8-17-11/h2-8,10,15,17H,9H2,1H3/t10-,15+/m0/s1. The van der Waals surface area contributed by atoms with Gasteiger partial charge in [-0.15, -0.1) is 0 Å². The molecule has 1 aliphatic rings. The van der Waals surface area contributed by atoms with E-state index in [1.165, 1.54) is 0 Å². The number of esters is 1. The van der Waals surface area contributed by atoms with Crippen molar-refractivity contribution >= 4 is 11.8 Å². The Morgan fingerprint density at radius 3 is 2.55 bits per heavy atom. The van der Waals surface area contributed by atoms with Gasteiger partial charge >= 0.3 is 5.97 Å². The number of para-hydroxylation sites is 2. The molecular formula is C16H15NO5. The number of ketones is 1. The van der Waals surface area contributed by atoms with Crippen molar-refractivity contribution in [3.8, 4) is 11.5 Å². The fraction of sp³-hybridized carbons (Fsp3) is 0.250. The molecule has 1 aliphatic heterocycles. The third kappa shape index (κ3) is 2.81. The number of rotatable bonds is 4. The number of aromatic amines is 1. The van der Waals surface area contributed by atoms with Crippen LogP contribution in [0.5, 0.6) is 11.5 Å². The zero-order valence-electron chi connectivity index (χ0n) is 11.9. The number of hydrogen-bond donors (Lipinski definition) is 1. The molecule has 2 aromatic rings. The van der Waals surface area contributed by atoms with Crippen LogP contribution in [0.4, 0.5) is 0 Å². The molecule has 6 nitrogen and oxygen atoms in total. The molecule has 0 spiro atoms. The van der Waals surface area contributed by atoms with Crippen LogP contribution in [0, 0.1) is 0 Å². The molecule has 0 saturated heterocycles. The predicted octanol–water partition coefficient (Wildman–Crippen LogP) is 1.97. The van der Waals surface area contributed by atoms with Gasteiger partial charge in [0, 0.05) is 6.20 Å². The van der Waals surface area contributed by atoms with Gasteiger partial charge < -0.3 is 19.2 Å². The molecule has 0 radical (unpaired) electrons. The van der Waals surface area contributed by atoms with Gasteiger partial charge in [-0.25, -0.2) is 4.79 Å². The molecule has 2 heterocycles. The number of nitrogens with one attached hydrogen (secondary N) is 1. The molecule has 0 aliphatic carbocycles. The van der Waals surface area contributed by atoms with Crippen LogP contribution in [0.1, 0.15) is 17.4 Å². The van der Waals surface area contributed by atoms with E-state index in [0.29, 0.717) is 17.2 Å². The van der Waals surface area contributed by atoms with E-state index in [2.05, 4.69) is 4.98 Å². The van der Waals surface area contributed by atoms with Crippen LogP contribution in [0.3, 0.4) is 0 Å². The lowest BCUT2D eigenvalue weighted by molar-refractivity contribution is -0.156. The number of carbonyl (C=O) groups excluding carboxylic acids is 2. The maximum absolute atomic E-state index is 12.1. The summed E-state index contributed by atoms with van der Waals surface area (Å²) in [5.41, 5.74) is 0.395. The number of Topliss-reactive ketones (excluding diaryl/α,β-unsaturated/α-hetero) is 1. The normalized spacial score (nSPS) is 19.5. The second-order valence-electron chi connectivity index (χ2n) is 4.92. The summed E-state index contributed by atoms with van der Waals surface area (Å²) in [4.78, 5) is 26.7. The van der Waals surface area contributed by atoms with Crippen LogP contribution in [-0.2, 0) is 9.53 Å². The lowest BCUT2D eigenvalue weighted by Gasteiger charge is -2.30. The Labute approximate surface area is 127 Å². The Morgan fingerprint density at radius 1 is 1.14 bits per heavy atom. The van der Waals surface area contributed by atoms with E-state index in [9.17, 15) is 9.59 Å². The molecule has 3 rings (SSSR count). The second kappa shape index (κ2) is 5.93. The first-order valence-corrected chi connectivity index (χ1v) is 6.90. The van der Waals surface area contributed by atoms with Gasteiger partial charge in [0.25, 0.3) is 0 Å². The molecule has 1 aromatic carbocycles. The number of carbonyl (C=O) groups is 2. The third-order valence-corrected chi connectivity index (χ3v) is 3.32. The van der Waals surface area contributed by atoms with E-state index < -0.39 is 18.2 Å². The van der Waals surface area contributed by atoms with Crippen LogP contribution in [-0.4, -0.2) is 35.6 Å². The Morgan fingerprint density at radius 2 is 1.86 bits per heavy atom. The fourth-order valence-corrected chi connectivity index (χ4v) is 2.18. The Hall–Kier alpha value is -2.76. The summed E-state index contributed by atoms with van der Waals surface area (Å²) < 4.78 is 16.3. The second-order valence-corrected chi connectivity index (χ2v) is 4.92. The van der Waals surface area contributed by atoms with Crippen molar-refractivity contribution in [1.29, 1.82) is 0 Å². The van der Waals surface area contributed by atoms with Crippen LogP contribution in [0.25, 0.3) is 0 Å². The first kappa shape index (κ1) is 14.2. The zero-order chi connectivity index (χ0) is 15.5. The average molecular weight is 301 g/mol. The fourth-order valence-electron chi connectivity index (χ4n) is 2.18. The maximum atomic E-state index is 12.1. The van der Waals surface area contributed by atoms with Crippen LogP contribution in [0.15, 0.2) is 42.6 Å². The first-order chi connectivity index (χ1) is 10.6. The zero-order valence-corrected chi connectivity index (χ0v) is 11.9. The van der Waals surface area contributed by atoms with Crippen molar-refractivity contribution in [3.05, 3.63) is 48.3 Å². The minimum Gasteiger partial charge on any atom is -0.482 e. The van der Waals surface area contributed by atoms with Gasteiger partial charge in [0.1, 0.15) is 6.10 Å². The van der Waals surface area contributed by atoms with Crippen LogP contribution in [0.2, 0.25) is 0 Å². The van der Waals surface area contributed by atoms with Gasteiger partial charge in [-0.1, -0.05) is 12.1 Å². The highest BCUT2D eigenvalue weighted by Gasteiger charge is 2.35. The Balaban J connectivity index is 1.62. The minimum atomic E-state index is -0.897. The molecule has 0 bridgehead atoms. The van der Waals surface area contributed by atoms with Crippen LogP contribution >= 0.6 is 0 Å². The summed E-state index contributed by atoms with van der Waals surface area (Å²) in [5.74, 6) is 0.143. The minimum absolute atomic E-state index is 0.303. The number of aromatic nitrogens is 1. The van der Waals surface area contributed by atoms with Crippen LogP contribution < -0.4 is 9.47 Å². The van der Waals surface area contributed by atoms with E-state index in [0.717, 1.165) is 0 Å². The largest absolute Gasteiger partial charge is 0.482 e. The molecule has 1 N–H and O–H groups in total. The summed E-state index contributed by atoms with van der Waals surface area (Å²) >= 11 is 0. The number of H-pyrrole nitrogens is 1. The van der Waals surface area contributed by atoms with E-state index in [1.54, 1.807) is 43.5 Å². The van der Waals surface area contributed by atoms with E-state index in [1.807, 2.05) is 6.07 Å². The summed E-state index contributed by atoms with van der Waals surface area (Å²) in [5, 5.41) is 0. The topological polar surface area (TPSA) is 77.6 Å². The van der Waals surface area contributed by atoms with Gasteiger partial charge in [-0.3, -0.25) is 4.79 Å². The van der Waals surface area contributed by atoms with Crippen molar-refractivity contribution in [1.82, 2.24) is 4.98 Å². The molecule has 1 aromatic heterocycles. The molecular weight excluding hydrogens is 286 g/mol. The van der Waals surface area contributed by atoms with Crippen molar-refractivity contribution in [2.45, 2.75) is 19.1 Å². The third-order valence-electron chi connectivity index (χ3n) is 3.32. The van der Waals surface area contributed by atoms with Crippen molar-refractivity contribution in [2.24, 2.45) is 0 Å². The quantitative estimate of drug-likeness (QED) is 0.690. The lowest BCUT2D eigenvalue weighted by Crippen LogP contribution is -2.44. The molecule has 22 heavy (non-hydrogen) atoms. The molecule has 0 saturated carbocycles. The molecule has 0 amide bonds. The van der Waals surface area contributed by atoms with Gasteiger partial charge in [-0.05, 0) is 31.2 Å². The highest BCUT2D eigenvalue weighted by atomic mass is 16.6. The summed E-state index contributed by atoms with van der Waals surface area (Å²) in [6, 6.07) is 10.4. The first-order valence-electron chi connectivity index (χ1n) is 6.90. The lowest BCUT2D eigenvalue weighted by atomic mass is 10.2. The molecule has 2 atom stereocenters. The summed E-state index contributed by atoms with van der Waals surface area (Å²) in [7, 11) is 0. The molecule has 0 fully saturated rings. The predicted molar refractivity (Wildman–Crippen MR) is 77.0 cm³/mol. The smallest absolute Gasteiger partial charge is 0.351 e. The Kier molecular flexibility index (Phi) is 3.82. The molecule has 114 valence electrons. The number of ether oxygens (including phenoxy) is 3. The Bertz CT molecular complexity index is 680. The number of fused-ring (bicyclic) bond motifs is 1. The highest BCUT2D eigenvalue weighted by Crippen LogP contribution is 2.33. The highest BCUT2D eigenvalue weighted by molar-refractivity contribution is 5.96. The van der Waals surface area contributed by atoms with Gasteiger partial charge in [-0.2, -0.15) is 0 Å².